The van der Waals surface area contributed by atoms with E-state index in [-0.39, 0.29) is 23.8 Å². The molecule has 5 nitrogen and oxygen atoms in total. The minimum absolute atomic E-state index is 0.00759. The van der Waals surface area contributed by atoms with Crippen molar-refractivity contribution in [3.63, 3.8) is 0 Å². The largest absolute Gasteiger partial charge is 0.383 e. The summed E-state index contributed by atoms with van der Waals surface area (Å²) >= 11 is 0. The highest BCUT2D eigenvalue weighted by Gasteiger charge is 2.29. The zero-order valence-corrected chi connectivity index (χ0v) is 10.1. The quantitative estimate of drug-likeness (QED) is 0.691. The van der Waals surface area contributed by atoms with E-state index in [2.05, 4.69) is 10.6 Å². The molecule has 92 valence electrons. The van der Waals surface area contributed by atoms with E-state index in [1.165, 1.54) is 0 Å². The molecule has 2 atom stereocenters. The number of hydrogen-bond donors (Lipinski definition) is 2. The molecule has 1 aliphatic rings. The molecule has 1 rings (SSSR count). The maximum atomic E-state index is 11.8. The second kappa shape index (κ2) is 5.84. The fourth-order valence-electron chi connectivity index (χ4n) is 1.67. The molecule has 2 amide bonds. The predicted molar refractivity (Wildman–Crippen MR) is 59.8 cm³/mol. The molecule has 5 heteroatoms. The highest BCUT2D eigenvalue weighted by atomic mass is 16.5. The highest BCUT2D eigenvalue weighted by Crippen LogP contribution is 2.10. The third-order valence-electron chi connectivity index (χ3n) is 2.83. The van der Waals surface area contributed by atoms with E-state index in [9.17, 15) is 9.59 Å². The maximum Gasteiger partial charge on any atom is 0.225 e. The van der Waals surface area contributed by atoms with Crippen LogP contribution >= 0.6 is 0 Å². The summed E-state index contributed by atoms with van der Waals surface area (Å²) in [5, 5.41) is 5.58. The molecule has 0 saturated carbocycles. The van der Waals surface area contributed by atoms with Crippen molar-refractivity contribution in [1.82, 2.24) is 10.6 Å². The summed E-state index contributed by atoms with van der Waals surface area (Å²) in [6, 6.07) is 0.00759. The molecule has 2 N–H and O–H groups in total. The van der Waals surface area contributed by atoms with Gasteiger partial charge in [-0.3, -0.25) is 9.59 Å². The SMILES string of the molecule is COCC(NC(=O)C1CNC(=O)C1)C(C)C. The van der Waals surface area contributed by atoms with Crippen LogP contribution < -0.4 is 10.6 Å². The molecular formula is C11H20N2O3. The molecule has 1 heterocycles. The van der Waals surface area contributed by atoms with Crippen LogP contribution in [0.2, 0.25) is 0 Å². The topological polar surface area (TPSA) is 67.4 Å². The van der Waals surface area contributed by atoms with Gasteiger partial charge in [-0.1, -0.05) is 13.8 Å². The van der Waals surface area contributed by atoms with Crippen LogP contribution in [-0.2, 0) is 14.3 Å². The number of rotatable bonds is 5. The molecule has 0 aromatic rings. The Morgan fingerprint density at radius 1 is 1.62 bits per heavy atom. The van der Waals surface area contributed by atoms with E-state index in [1.807, 2.05) is 13.8 Å². The van der Waals surface area contributed by atoms with Gasteiger partial charge in [-0.05, 0) is 5.92 Å². The third kappa shape index (κ3) is 3.48. The van der Waals surface area contributed by atoms with Gasteiger partial charge < -0.3 is 15.4 Å². The van der Waals surface area contributed by atoms with Gasteiger partial charge in [0.15, 0.2) is 0 Å². The van der Waals surface area contributed by atoms with E-state index >= 15 is 0 Å². The lowest BCUT2D eigenvalue weighted by Crippen LogP contribution is -2.44. The van der Waals surface area contributed by atoms with Gasteiger partial charge in [-0.15, -0.1) is 0 Å². The highest BCUT2D eigenvalue weighted by molar-refractivity contribution is 5.89. The van der Waals surface area contributed by atoms with Crippen LogP contribution in [0.15, 0.2) is 0 Å². The molecule has 0 aromatic heterocycles. The van der Waals surface area contributed by atoms with E-state index in [4.69, 9.17) is 4.74 Å². The molecule has 0 aliphatic carbocycles. The number of hydrogen-bond acceptors (Lipinski definition) is 3. The first-order valence-electron chi connectivity index (χ1n) is 5.60. The number of amides is 2. The van der Waals surface area contributed by atoms with Crippen molar-refractivity contribution < 1.29 is 14.3 Å². The molecule has 0 aromatic carbocycles. The van der Waals surface area contributed by atoms with Crippen LogP contribution in [0.3, 0.4) is 0 Å². The Hall–Kier alpha value is -1.10. The second-order valence-corrected chi connectivity index (χ2v) is 4.52. The smallest absolute Gasteiger partial charge is 0.225 e. The molecule has 1 aliphatic heterocycles. The molecule has 0 radical (unpaired) electrons. The Bertz CT molecular complexity index is 266. The summed E-state index contributed by atoms with van der Waals surface area (Å²) in [5.74, 6) is -0.0262. The van der Waals surface area contributed by atoms with E-state index in [0.717, 1.165) is 0 Å². The van der Waals surface area contributed by atoms with Crippen molar-refractivity contribution in [3.05, 3.63) is 0 Å². The number of methoxy groups -OCH3 is 1. The van der Waals surface area contributed by atoms with Crippen LogP contribution in [-0.4, -0.2) is 38.1 Å². The van der Waals surface area contributed by atoms with Crippen molar-refractivity contribution in [3.8, 4) is 0 Å². The first kappa shape index (κ1) is 13.0. The maximum absolute atomic E-state index is 11.8. The average molecular weight is 228 g/mol. The van der Waals surface area contributed by atoms with Crippen molar-refractivity contribution in [2.75, 3.05) is 20.3 Å². The van der Waals surface area contributed by atoms with Gasteiger partial charge in [0, 0.05) is 20.1 Å². The van der Waals surface area contributed by atoms with Crippen LogP contribution in [0.5, 0.6) is 0 Å². The minimum Gasteiger partial charge on any atom is -0.383 e. The van der Waals surface area contributed by atoms with Crippen molar-refractivity contribution in [2.45, 2.75) is 26.3 Å². The van der Waals surface area contributed by atoms with Crippen molar-refractivity contribution in [1.29, 1.82) is 0 Å². The summed E-state index contributed by atoms with van der Waals surface area (Å²) in [5.41, 5.74) is 0. The van der Waals surface area contributed by atoms with Crippen molar-refractivity contribution in [2.24, 2.45) is 11.8 Å². The van der Waals surface area contributed by atoms with Crippen LogP contribution in [0.4, 0.5) is 0 Å². The first-order chi connectivity index (χ1) is 7.54. The molecule has 2 unspecified atom stereocenters. The third-order valence-corrected chi connectivity index (χ3v) is 2.83. The number of ether oxygens (including phenoxy) is 1. The van der Waals surface area contributed by atoms with Gasteiger partial charge in [-0.2, -0.15) is 0 Å². The first-order valence-corrected chi connectivity index (χ1v) is 5.60. The van der Waals surface area contributed by atoms with Crippen LogP contribution in [0.25, 0.3) is 0 Å². The summed E-state index contributed by atoms with van der Waals surface area (Å²) < 4.78 is 5.05. The van der Waals surface area contributed by atoms with Gasteiger partial charge in [0.2, 0.25) is 11.8 Å². The fraction of sp³-hybridized carbons (Fsp3) is 0.818. The fourth-order valence-corrected chi connectivity index (χ4v) is 1.67. The van der Waals surface area contributed by atoms with E-state index < -0.39 is 0 Å². The lowest BCUT2D eigenvalue weighted by Gasteiger charge is -2.22. The molecular weight excluding hydrogens is 208 g/mol. The molecule has 0 spiro atoms. The normalized spacial score (nSPS) is 22.0. The minimum atomic E-state index is -0.231. The number of carbonyl (C=O) groups excluding carboxylic acids is 2. The zero-order chi connectivity index (χ0) is 12.1. The monoisotopic (exact) mass is 228 g/mol. The van der Waals surface area contributed by atoms with Gasteiger partial charge in [-0.25, -0.2) is 0 Å². The standard InChI is InChI=1S/C11H20N2O3/c1-7(2)9(6-16-3)13-11(15)8-4-10(14)12-5-8/h7-9H,4-6H2,1-3H3,(H,12,14)(H,13,15). The number of carbonyl (C=O) groups is 2. The summed E-state index contributed by atoms with van der Waals surface area (Å²) in [6.07, 6.45) is 0.295. The Balaban J connectivity index is 2.45. The van der Waals surface area contributed by atoms with Gasteiger partial charge >= 0.3 is 0 Å². The van der Waals surface area contributed by atoms with Crippen molar-refractivity contribution >= 4 is 11.8 Å². The van der Waals surface area contributed by atoms with Crippen LogP contribution in [0, 0.1) is 11.8 Å². The van der Waals surface area contributed by atoms with E-state index in [1.54, 1.807) is 7.11 Å². The zero-order valence-electron chi connectivity index (χ0n) is 10.1. The Morgan fingerprint density at radius 2 is 2.31 bits per heavy atom. The Labute approximate surface area is 95.9 Å². The number of nitrogens with one attached hydrogen (secondary N) is 2. The van der Waals surface area contributed by atoms with E-state index in [0.29, 0.717) is 25.5 Å². The van der Waals surface area contributed by atoms with Gasteiger partial charge in [0.1, 0.15) is 0 Å². The summed E-state index contributed by atoms with van der Waals surface area (Å²) in [6.45, 7) is 5.00. The molecule has 16 heavy (non-hydrogen) atoms. The van der Waals surface area contributed by atoms with Gasteiger partial charge in [0.05, 0.1) is 18.6 Å². The predicted octanol–water partition coefficient (Wildman–Crippen LogP) is -0.0903. The van der Waals surface area contributed by atoms with Crippen LogP contribution in [0.1, 0.15) is 20.3 Å². The lowest BCUT2D eigenvalue weighted by atomic mass is 10.0. The second-order valence-electron chi connectivity index (χ2n) is 4.52. The molecule has 0 bridgehead atoms. The average Bonchev–Trinajstić information content (AvgIpc) is 2.64. The Kier molecular flexibility index (Phi) is 4.73. The Morgan fingerprint density at radius 3 is 2.75 bits per heavy atom. The summed E-state index contributed by atoms with van der Waals surface area (Å²) in [7, 11) is 1.61. The molecule has 1 saturated heterocycles. The lowest BCUT2D eigenvalue weighted by molar-refractivity contribution is -0.127. The van der Waals surface area contributed by atoms with Gasteiger partial charge in [0.25, 0.3) is 0 Å². The summed E-state index contributed by atoms with van der Waals surface area (Å²) in [4.78, 5) is 22.8. The molecule has 1 fully saturated rings.